The van der Waals surface area contributed by atoms with Crippen LogP contribution >= 0.6 is 0 Å². The molecule has 138 valence electrons. The number of oxime groups is 1. The topological polar surface area (TPSA) is 91.3 Å². The van der Waals surface area contributed by atoms with Crippen molar-refractivity contribution in [2.75, 3.05) is 33.8 Å². The number of ether oxygens (including phenoxy) is 3. The Morgan fingerprint density at radius 1 is 1.12 bits per heavy atom. The molecule has 0 aliphatic rings. The predicted octanol–water partition coefficient (Wildman–Crippen LogP) is 3.00. The Balaban J connectivity index is 2.54. The van der Waals surface area contributed by atoms with Gasteiger partial charge in [0, 0.05) is 17.7 Å². The molecule has 0 radical (unpaired) electrons. The van der Waals surface area contributed by atoms with Crippen LogP contribution in [0.3, 0.4) is 0 Å². The fourth-order valence-corrected chi connectivity index (χ4v) is 2.37. The van der Waals surface area contributed by atoms with E-state index in [9.17, 15) is 4.79 Å². The lowest BCUT2D eigenvalue weighted by molar-refractivity contribution is 0.0601. The van der Waals surface area contributed by atoms with E-state index in [1.165, 1.54) is 21.3 Å². The summed E-state index contributed by atoms with van der Waals surface area (Å²) < 4.78 is 15.3. The quantitative estimate of drug-likeness (QED) is 0.461. The lowest BCUT2D eigenvalue weighted by Gasteiger charge is -2.15. The molecule has 0 atom stereocenters. The van der Waals surface area contributed by atoms with Crippen molar-refractivity contribution in [3.63, 3.8) is 0 Å². The lowest BCUT2D eigenvalue weighted by Crippen LogP contribution is -2.13. The van der Waals surface area contributed by atoms with Crippen LogP contribution in [-0.2, 0) is 9.57 Å². The van der Waals surface area contributed by atoms with Gasteiger partial charge in [0.25, 0.3) is 0 Å². The molecule has 8 nitrogen and oxygen atoms in total. The molecular formula is C18H21N3O5. The largest absolute Gasteiger partial charge is 0.496 e. The van der Waals surface area contributed by atoms with Gasteiger partial charge in [-0.05, 0) is 13.0 Å². The number of benzene rings is 1. The van der Waals surface area contributed by atoms with Crippen LogP contribution in [0.5, 0.6) is 11.6 Å². The second-order valence-electron chi connectivity index (χ2n) is 5.14. The van der Waals surface area contributed by atoms with Gasteiger partial charge in [0.15, 0.2) is 0 Å². The van der Waals surface area contributed by atoms with Crippen LogP contribution in [0.2, 0.25) is 0 Å². The van der Waals surface area contributed by atoms with E-state index >= 15 is 0 Å². The Hall–Kier alpha value is -3.29. The normalized spacial score (nSPS) is 10.9. The highest BCUT2D eigenvalue weighted by molar-refractivity contribution is 6.11. The molecule has 1 heterocycles. The van der Waals surface area contributed by atoms with Gasteiger partial charge in [-0.25, -0.2) is 4.79 Å². The Kier molecular flexibility index (Phi) is 6.37. The molecule has 0 aliphatic carbocycles. The number of nitrogens with zero attached hydrogens (tertiary/aromatic N) is 2. The summed E-state index contributed by atoms with van der Waals surface area (Å²) in [6.45, 7) is 1.74. The van der Waals surface area contributed by atoms with Crippen molar-refractivity contribution in [1.29, 1.82) is 0 Å². The van der Waals surface area contributed by atoms with Crippen molar-refractivity contribution in [1.82, 2.24) is 4.98 Å². The number of aromatic nitrogens is 1. The van der Waals surface area contributed by atoms with Crippen LogP contribution in [0.15, 0.2) is 35.5 Å². The highest BCUT2D eigenvalue weighted by Gasteiger charge is 2.20. The van der Waals surface area contributed by atoms with Crippen LogP contribution in [0.1, 0.15) is 22.8 Å². The Bertz CT molecular complexity index is 798. The number of rotatable bonds is 7. The monoisotopic (exact) mass is 359 g/mol. The maximum absolute atomic E-state index is 12.4. The third-order valence-corrected chi connectivity index (χ3v) is 3.55. The van der Waals surface area contributed by atoms with Gasteiger partial charge in [-0.3, -0.25) is 0 Å². The number of hydrogen-bond donors (Lipinski definition) is 1. The zero-order valence-corrected chi connectivity index (χ0v) is 15.3. The molecule has 0 amide bonds. The average Bonchev–Trinajstić information content (AvgIpc) is 2.67. The fraction of sp³-hybridized carbons (Fsp3) is 0.278. The number of pyridine rings is 1. The summed E-state index contributed by atoms with van der Waals surface area (Å²) in [6.07, 6.45) is 0. The second-order valence-corrected chi connectivity index (χ2v) is 5.14. The van der Waals surface area contributed by atoms with Crippen LogP contribution < -0.4 is 14.8 Å². The molecule has 0 saturated heterocycles. The Morgan fingerprint density at radius 2 is 1.88 bits per heavy atom. The van der Waals surface area contributed by atoms with Gasteiger partial charge in [-0.15, -0.1) is 0 Å². The van der Waals surface area contributed by atoms with E-state index in [1.807, 2.05) is 0 Å². The molecule has 0 bridgehead atoms. The molecule has 0 aliphatic heterocycles. The van der Waals surface area contributed by atoms with Gasteiger partial charge < -0.3 is 24.4 Å². The minimum absolute atomic E-state index is 0.317. The second kappa shape index (κ2) is 8.70. The first-order valence-electron chi connectivity index (χ1n) is 7.70. The number of carbonyl (C=O) groups is 1. The molecule has 1 aromatic heterocycles. The molecule has 2 aromatic rings. The van der Waals surface area contributed by atoms with Crippen LogP contribution in [0, 0.1) is 0 Å². The third kappa shape index (κ3) is 4.21. The molecule has 0 unspecified atom stereocenters. The van der Waals surface area contributed by atoms with Crippen molar-refractivity contribution in [2.24, 2.45) is 5.16 Å². The highest BCUT2D eigenvalue weighted by atomic mass is 16.6. The van der Waals surface area contributed by atoms with E-state index in [0.717, 1.165) is 0 Å². The first kappa shape index (κ1) is 19.0. The molecule has 26 heavy (non-hydrogen) atoms. The number of anilines is 2. The van der Waals surface area contributed by atoms with Crippen LogP contribution in [0.25, 0.3) is 0 Å². The van der Waals surface area contributed by atoms with Crippen LogP contribution in [0.4, 0.5) is 11.5 Å². The molecule has 1 aromatic carbocycles. The zero-order chi connectivity index (χ0) is 19.1. The van der Waals surface area contributed by atoms with Gasteiger partial charge in [-0.2, -0.15) is 4.98 Å². The number of nitrogens with one attached hydrogen (secondary N) is 1. The van der Waals surface area contributed by atoms with E-state index in [0.29, 0.717) is 40.0 Å². The third-order valence-electron chi connectivity index (χ3n) is 3.55. The van der Waals surface area contributed by atoms with Crippen molar-refractivity contribution < 1.29 is 23.8 Å². The smallest absolute Gasteiger partial charge is 0.340 e. The minimum Gasteiger partial charge on any atom is -0.496 e. The van der Waals surface area contributed by atoms with Gasteiger partial charge in [-0.1, -0.05) is 17.3 Å². The summed E-state index contributed by atoms with van der Waals surface area (Å²) in [7, 11) is 5.81. The van der Waals surface area contributed by atoms with Gasteiger partial charge >= 0.3 is 5.97 Å². The summed E-state index contributed by atoms with van der Waals surface area (Å²) >= 11 is 0. The van der Waals surface area contributed by atoms with E-state index in [2.05, 4.69) is 15.5 Å². The number of methoxy groups -OCH3 is 3. The van der Waals surface area contributed by atoms with Crippen molar-refractivity contribution >= 4 is 23.2 Å². The average molecular weight is 359 g/mol. The summed E-state index contributed by atoms with van der Waals surface area (Å²) in [5.41, 5.74) is 1.94. The zero-order valence-electron chi connectivity index (χ0n) is 15.3. The lowest BCUT2D eigenvalue weighted by atomic mass is 10.0. The summed E-state index contributed by atoms with van der Waals surface area (Å²) in [5, 5.41) is 7.01. The van der Waals surface area contributed by atoms with E-state index in [-0.39, 0.29) is 0 Å². The molecule has 2 rings (SSSR count). The molecular weight excluding hydrogens is 338 g/mol. The van der Waals surface area contributed by atoms with Gasteiger partial charge in [0.1, 0.15) is 18.7 Å². The predicted molar refractivity (Wildman–Crippen MR) is 97.6 cm³/mol. The first-order chi connectivity index (χ1) is 12.5. The maximum Gasteiger partial charge on any atom is 0.340 e. The molecule has 8 heteroatoms. The SMILES string of the molecule is CON=C(C)c1cccc(Nc2cc(OC)cc(OC)n2)c1C(=O)OC. The number of hydrogen-bond acceptors (Lipinski definition) is 8. The highest BCUT2D eigenvalue weighted by Crippen LogP contribution is 2.28. The number of esters is 1. The standard InChI is InChI=1S/C18H21N3O5/c1-11(21-26-5)13-7-6-8-14(17(13)18(22)25-4)19-15-9-12(23-2)10-16(20-15)24-3/h6-10H,1-5H3,(H,19,20). The number of carbonyl (C=O) groups excluding carboxylic acids is 1. The fourth-order valence-electron chi connectivity index (χ4n) is 2.37. The molecule has 0 saturated carbocycles. The Morgan fingerprint density at radius 3 is 2.50 bits per heavy atom. The van der Waals surface area contributed by atoms with E-state index in [1.54, 1.807) is 44.4 Å². The van der Waals surface area contributed by atoms with Crippen LogP contribution in [-0.4, -0.2) is 45.1 Å². The van der Waals surface area contributed by atoms with Crippen molar-refractivity contribution in [3.8, 4) is 11.6 Å². The van der Waals surface area contributed by atoms with Crippen molar-refractivity contribution in [3.05, 3.63) is 41.5 Å². The van der Waals surface area contributed by atoms with E-state index in [4.69, 9.17) is 19.0 Å². The van der Waals surface area contributed by atoms with Crippen molar-refractivity contribution in [2.45, 2.75) is 6.92 Å². The van der Waals surface area contributed by atoms with E-state index < -0.39 is 5.97 Å². The maximum atomic E-state index is 12.4. The Labute approximate surface area is 151 Å². The summed E-state index contributed by atoms with van der Waals surface area (Å²) in [6, 6.07) is 8.62. The summed E-state index contributed by atoms with van der Waals surface area (Å²) in [5.74, 6) is 0.875. The summed E-state index contributed by atoms with van der Waals surface area (Å²) in [4.78, 5) is 21.5. The van der Waals surface area contributed by atoms with Gasteiger partial charge in [0.05, 0.1) is 38.3 Å². The molecule has 0 fully saturated rings. The molecule has 1 N–H and O–H groups in total. The first-order valence-corrected chi connectivity index (χ1v) is 7.70. The molecule has 0 spiro atoms. The minimum atomic E-state index is -0.511. The van der Waals surface area contributed by atoms with Gasteiger partial charge in [0.2, 0.25) is 5.88 Å².